The maximum absolute atomic E-state index is 11.5. The van der Waals surface area contributed by atoms with Crippen LogP contribution in [0.5, 0.6) is 5.75 Å². The second-order valence-corrected chi connectivity index (χ2v) is 6.52. The number of ether oxygens (including phenoxy) is 1. The van der Waals surface area contributed by atoms with Crippen molar-refractivity contribution in [3.63, 3.8) is 0 Å². The van der Waals surface area contributed by atoms with Gasteiger partial charge in [-0.05, 0) is 45.4 Å². The van der Waals surface area contributed by atoms with Crippen LogP contribution < -0.4 is 9.46 Å². The number of nitrogens with one attached hydrogen (secondary N) is 1. The van der Waals surface area contributed by atoms with Gasteiger partial charge in [0.1, 0.15) is 5.75 Å². The van der Waals surface area contributed by atoms with Gasteiger partial charge in [0.25, 0.3) is 0 Å². The summed E-state index contributed by atoms with van der Waals surface area (Å²) in [5.74, 6) is 0.880. The molecule has 0 radical (unpaired) electrons. The Kier molecular flexibility index (Phi) is 5.16. The average molecular weight is 271 g/mol. The van der Waals surface area contributed by atoms with E-state index in [2.05, 4.69) is 4.72 Å². The van der Waals surface area contributed by atoms with E-state index in [0.29, 0.717) is 0 Å². The van der Waals surface area contributed by atoms with Gasteiger partial charge in [0.15, 0.2) is 0 Å². The predicted octanol–water partition coefficient (Wildman–Crippen LogP) is 2.47. The van der Waals surface area contributed by atoms with Crippen LogP contribution in [-0.4, -0.2) is 20.3 Å². The predicted molar refractivity (Wildman–Crippen MR) is 73.2 cm³/mol. The summed E-state index contributed by atoms with van der Waals surface area (Å²) in [6.07, 6.45) is 0.131. The highest BCUT2D eigenvalue weighted by Crippen LogP contribution is 2.19. The van der Waals surface area contributed by atoms with E-state index in [9.17, 15) is 8.42 Å². The summed E-state index contributed by atoms with van der Waals surface area (Å²) in [6.45, 7) is 7.37. The maximum Gasteiger partial charge on any atom is 0.211 e. The number of hydrogen-bond acceptors (Lipinski definition) is 3. The number of benzene rings is 1. The van der Waals surface area contributed by atoms with Gasteiger partial charge in [0.05, 0.1) is 11.9 Å². The highest BCUT2D eigenvalue weighted by molar-refractivity contribution is 7.89. The summed E-state index contributed by atoms with van der Waals surface area (Å²) in [5, 5.41) is 0. The van der Waals surface area contributed by atoms with E-state index in [0.717, 1.165) is 11.3 Å². The Labute approximate surface area is 109 Å². The smallest absolute Gasteiger partial charge is 0.211 e. The first-order chi connectivity index (χ1) is 8.34. The second-order valence-electron chi connectivity index (χ2n) is 4.48. The summed E-state index contributed by atoms with van der Waals surface area (Å²) in [4.78, 5) is 0. The molecule has 1 aromatic rings. The lowest BCUT2D eigenvalue weighted by molar-refractivity contribution is 0.242. The lowest BCUT2D eigenvalue weighted by Gasteiger charge is -2.15. The maximum atomic E-state index is 11.5. The molecule has 18 heavy (non-hydrogen) atoms. The van der Waals surface area contributed by atoms with Crippen molar-refractivity contribution in [2.45, 2.75) is 39.8 Å². The summed E-state index contributed by atoms with van der Waals surface area (Å²) >= 11 is 0. The van der Waals surface area contributed by atoms with Crippen molar-refractivity contribution < 1.29 is 13.2 Å². The first kappa shape index (κ1) is 15.0. The molecule has 0 bridgehead atoms. The highest BCUT2D eigenvalue weighted by atomic mass is 32.2. The Morgan fingerprint density at radius 3 is 2.17 bits per heavy atom. The standard InChI is InChI=1S/C13H21NO3S/c1-5-18(15,16)14-11(4)12-6-8-13(9-7-12)17-10(2)3/h6-11,14H,5H2,1-4H3. The van der Waals surface area contributed by atoms with Gasteiger partial charge in [0.2, 0.25) is 10.0 Å². The summed E-state index contributed by atoms with van der Waals surface area (Å²) in [6, 6.07) is 7.22. The number of hydrogen-bond donors (Lipinski definition) is 1. The number of sulfonamides is 1. The van der Waals surface area contributed by atoms with E-state index < -0.39 is 10.0 Å². The van der Waals surface area contributed by atoms with Crippen LogP contribution in [0.4, 0.5) is 0 Å². The lowest BCUT2D eigenvalue weighted by Crippen LogP contribution is -2.28. The summed E-state index contributed by atoms with van der Waals surface area (Å²) in [7, 11) is -3.18. The van der Waals surface area contributed by atoms with Crippen LogP contribution in [0.15, 0.2) is 24.3 Å². The molecule has 0 saturated heterocycles. The van der Waals surface area contributed by atoms with Gasteiger partial charge in [-0.25, -0.2) is 13.1 Å². The molecule has 1 N–H and O–H groups in total. The van der Waals surface area contributed by atoms with Crippen molar-refractivity contribution >= 4 is 10.0 Å². The fourth-order valence-corrected chi connectivity index (χ4v) is 2.37. The molecule has 0 amide bonds. The molecule has 1 aromatic carbocycles. The third-order valence-electron chi connectivity index (χ3n) is 2.49. The molecule has 1 rings (SSSR count). The van der Waals surface area contributed by atoms with Gasteiger partial charge in [-0.3, -0.25) is 0 Å². The molecule has 1 atom stereocenters. The van der Waals surface area contributed by atoms with Crippen LogP contribution in [0.25, 0.3) is 0 Å². The van der Waals surface area contributed by atoms with Crippen LogP contribution in [0.3, 0.4) is 0 Å². The molecule has 4 nitrogen and oxygen atoms in total. The van der Waals surface area contributed by atoms with Crippen molar-refractivity contribution in [2.75, 3.05) is 5.75 Å². The van der Waals surface area contributed by atoms with Crippen molar-refractivity contribution in [1.29, 1.82) is 0 Å². The molecular weight excluding hydrogens is 250 g/mol. The van der Waals surface area contributed by atoms with Gasteiger partial charge in [0, 0.05) is 6.04 Å². The molecule has 0 heterocycles. The zero-order chi connectivity index (χ0) is 13.8. The largest absolute Gasteiger partial charge is 0.491 e. The van der Waals surface area contributed by atoms with Gasteiger partial charge in [-0.15, -0.1) is 0 Å². The van der Waals surface area contributed by atoms with E-state index in [1.165, 1.54) is 0 Å². The van der Waals surface area contributed by atoms with Crippen LogP contribution in [-0.2, 0) is 10.0 Å². The van der Waals surface area contributed by atoms with Gasteiger partial charge >= 0.3 is 0 Å². The molecule has 0 spiro atoms. The summed E-state index contributed by atoms with van der Waals surface area (Å²) in [5.41, 5.74) is 0.920. The topological polar surface area (TPSA) is 55.4 Å². The molecule has 0 aliphatic heterocycles. The van der Waals surface area contributed by atoms with E-state index >= 15 is 0 Å². The first-order valence-electron chi connectivity index (χ1n) is 6.10. The SMILES string of the molecule is CCS(=O)(=O)NC(C)c1ccc(OC(C)C)cc1. The molecule has 0 aromatic heterocycles. The zero-order valence-electron chi connectivity index (χ0n) is 11.3. The number of rotatable bonds is 6. The molecule has 0 saturated carbocycles. The molecule has 102 valence electrons. The Hall–Kier alpha value is -1.07. The second kappa shape index (κ2) is 6.20. The Bertz CT molecular complexity index is 466. The van der Waals surface area contributed by atoms with Gasteiger partial charge < -0.3 is 4.74 Å². The van der Waals surface area contributed by atoms with Gasteiger partial charge in [-0.1, -0.05) is 12.1 Å². The van der Waals surface area contributed by atoms with Crippen LogP contribution in [0, 0.1) is 0 Å². The molecule has 0 fully saturated rings. The molecule has 0 aliphatic carbocycles. The molecular formula is C13H21NO3S. The van der Waals surface area contributed by atoms with E-state index in [1.54, 1.807) is 6.92 Å². The normalized spacial score (nSPS) is 13.6. The third-order valence-corrected chi connectivity index (χ3v) is 3.96. The van der Waals surface area contributed by atoms with Crippen molar-refractivity contribution in [2.24, 2.45) is 0 Å². The fourth-order valence-electron chi connectivity index (χ4n) is 1.53. The average Bonchev–Trinajstić information content (AvgIpc) is 2.28. The van der Waals surface area contributed by atoms with Crippen LogP contribution in [0.2, 0.25) is 0 Å². The Morgan fingerprint density at radius 1 is 1.17 bits per heavy atom. The van der Waals surface area contributed by atoms with Crippen LogP contribution >= 0.6 is 0 Å². The first-order valence-corrected chi connectivity index (χ1v) is 7.76. The monoisotopic (exact) mass is 271 g/mol. The van der Waals surface area contributed by atoms with E-state index in [-0.39, 0.29) is 17.9 Å². The van der Waals surface area contributed by atoms with Crippen LogP contribution in [0.1, 0.15) is 39.3 Å². The summed E-state index contributed by atoms with van der Waals surface area (Å²) < 4.78 is 31.1. The van der Waals surface area contributed by atoms with E-state index in [4.69, 9.17) is 4.74 Å². The van der Waals surface area contributed by atoms with Crippen molar-refractivity contribution in [1.82, 2.24) is 4.72 Å². The minimum atomic E-state index is -3.18. The zero-order valence-corrected chi connectivity index (χ0v) is 12.1. The minimum absolute atomic E-state index is 0.0892. The Morgan fingerprint density at radius 2 is 1.72 bits per heavy atom. The molecule has 1 unspecified atom stereocenters. The van der Waals surface area contributed by atoms with E-state index in [1.807, 2.05) is 45.0 Å². The lowest BCUT2D eigenvalue weighted by atomic mass is 10.1. The molecule has 0 aliphatic rings. The minimum Gasteiger partial charge on any atom is -0.491 e. The van der Waals surface area contributed by atoms with Crippen molar-refractivity contribution in [3.8, 4) is 5.75 Å². The van der Waals surface area contributed by atoms with Gasteiger partial charge in [-0.2, -0.15) is 0 Å². The Balaban J connectivity index is 2.73. The fraction of sp³-hybridized carbons (Fsp3) is 0.538. The highest BCUT2D eigenvalue weighted by Gasteiger charge is 2.13. The third kappa shape index (κ3) is 4.66. The molecule has 5 heteroatoms. The quantitative estimate of drug-likeness (QED) is 0.864. The van der Waals surface area contributed by atoms with Crippen molar-refractivity contribution in [3.05, 3.63) is 29.8 Å².